The van der Waals surface area contributed by atoms with Crippen LogP contribution in [0.3, 0.4) is 0 Å². The Kier molecular flexibility index (Phi) is 4.90. The van der Waals surface area contributed by atoms with Crippen molar-refractivity contribution in [2.45, 2.75) is 19.3 Å². The zero-order chi connectivity index (χ0) is 10.4. The van der Waals surface area contributed by atoms with Crippen LogP contribution in [0.1, 0.15) is 19.3 Å². The molecule has 0 aliphatic carbocycles. The molecule has 4 heteroatoms. The lowest BCUT2D eigenvalue weighted by Crippen LogP contribution is -2.37. The number of aliphatic carboxylic acids is 1. The van der Waals surface area contributed by atoms with E-state index in [2.05, 4.69) is 10.2 Å². The molecule has 0 saturated carbocycles. The van der Waals surface area contributed by atoms with Gasteiger partial charge < -0.3 is 15.3 Å². The van der Waals surface area contributed by atoms with Crippen molar-refractivity contribution in [2.75, 3.05) is 33.2 Å². The summed E-state index contributed by atoms with van der Waals surface area (Å²) in [7, 11) is 1.96. The third kappa shape index (κ3) is 3.64. The maximum Gasteiger partial charge on any atom is 0.306 e. The van der Waals surface area contributed by atoms with Gasteiger partial charge in [-0.3, -0.25) is 4.79 Å². The first-order valence-electron chi connectivity index (χ1n) is 5.34. The Balaban J connectivity index is 2.12. The predicted molar refractivity (Wildman–Crippen MR) is 55.3 cm³/mol. The molecular formula is C10H20N2O2. The number of nitrogens with one attached hydrogen (secondary N) is 1. The van der Waals surface area contributed by atoms with Crippen LogP contribution in [0.4, 0.5) is 0 Å². The minimum absolute atomic E-state index is 0.101. The molecule has 0 aromatic heterocycles. The first-order valence-corrected chi connectivity index (χ1v) is 5.34. The highest BCUT2D eigenvalue weighted by molar-refractivity contribution is 5.70. The van der Waals surface area contributed by atoms with Crippen molar-refractivity contribution in [3.8, 4) is 0 Å². The fourth-order valence-corrected chi connectivity index (χ4v) is 1.88. The van der Waals surface area contributed by atoms with Gasteiger partial charge in [-0.15, -0.1) is 0 Å². The summed E-state index contributed by atoms with van der Waals surface area (Å²) in [5, 5.41) is 11.9. The second-order valence-corrected chi connectivity index (χ2v) is 3.91. The molecule has 0 atom stereocenters. The Morgan fingerprint density at radius 2 is 2.14 bits per heavy atom. The quantitative estimate of drug-likeness (QED) is 0.630. The standard InChI is InChI=1S/C10H20N2O2/c1-11-5-2-6-12-7-3-9(4-8-12)10(13)14/h9,11H,2-8H2,1H3,(H,13,14). The lowest BCUT2D eigenvalue weighted by atomic mass is 9.97. The van der Waals surface area contributed by atoms with Gasteiger partial charge in [0.15, 0.2) is 0 Å². The first kappa shape index (κ1) is 11.5. The van der Waals surface area contributed by atoms with Crippen molar-refractivity contribution in [1.82, 2.24) is 10.2 Å². The molecule has 1 fully saturated rings. The Morgan fingerprint density at radius 1 is 1.50 bits per heavy atom. The van der Waals surface area contributed by atoms with Gasteiger partial charge in [-0.25, -0.2) is 0 Å². The number of carboxylic acids is 1. The molecule has 0 aromatic carbocycles. The van der Waals surface area contributed by atoms with Gasteiger partial charge in [0.1, 0.15) is 0 Å². The molecule has 0 aromatic rings. The minimum Gasteiger partial charge on any atom is -0.481 e. The predicted octanol–water partition coefficient (Wildman–Crippen LogP) is 0.393. The van der Waals surface area contributed by atoms with Gasteiger partial charge in [0.25, 0.3) is 0 Å². The average Bonchev–Trinajstić information content (AvgIpc) is 2.19. The average molecular weight is 200 g/mol. The molecule has 0 radical (unpaired) electrons. The molecule has 0 amide bonds. The summed E-state index contributed by atoms with van der Waals surface area (Å²) in [6.07, 6.45) is 2.78. The molecule has 1 saturated heterocycles. The lowest BCUT2D eigenvalue weighted by molar-refractivity contribution is -0.143. The van der Waals surface area contributed by atoms with Crippen LogP contribution in [0, 0.1) is 5.92 Å². The van der Waals surface area contributed by atoms with Crippen LogP contribution >= 0.6 is 0 Å². The maximum absolute atomic E-state index is 10.7. The monoisotopic (exact) mass is 200 g/mol. The van der Waals surface area contributed by atoms with Crippen molar-refractivity contribution in [3.05, 3.63) is 0 Å². The molecule has 82 valence electrons. The molecule has 14 heavy (non-hydrogen) atoms. The van der Waals surface area contributed by atoms with Crippen molar-refractivity contribution < 1.29 is 9.90 Å². The summed E-state index contributed by atoms with van der Waals surface area (Å²) in [5.41, 5.74) is 0. The number of likely N-dealkylation sites (tertiary alicyclic amines) is 1. The summed E-state index contributed by atoms with van der Waals surface area (Å²) < 4.78 is 0. The Labute approximate surface area is 85.3 Å². The number of piperidine rings is 1. The van der Waals surface area contributed by atoms with Gasteiger partial charge in [-0.05, 0) is 52.5 Å². The highest BCUT2D eigenvalue weighted by Gasteiger charge is 2.23. The van der Waals surface area contributed by atoms with E-state index in [1.165, 1.54) is 0 Å². The largest absolute Gasteiger partial charge is 0.481 e. The highest BCUT2D eigenvalue weighted by atomic mass is 16.4. The van der Waals surface area contributed by atoms with E-state index in [1.54, 1.807) is 0 Å². The summed E-state index contributed by atoms with van der Waals surface area (Å²) in [5.74, 6) is -0.726. The molecule has 1 heterocycles. The Morgan fingerprint density at radius 3 is 2.64 bits per heavy atom. The van der Waals surface area contributed by atoms with E-state index in [0.717, 1.165) is 45.4 Å². The summed E-state index contributed by atoms with van der Waals surface area (Å²) >= 11 is 0. The molecular weight excluding hydrogens is 180 g/mol. The number of nitrogens with zero attached hydrogens (tertiary/aromatic N) is 1. The molecule has 1 aliphatic rings. The molecule has 1 rings (SSSR count). The molecule has 0 unspecified atom stereocenters. The van der Waals surface area contributed by atoms with Crippen molar-refractivity contribution in [3.63, 3.8) is 0 Å². The SMILES string of the molecule is CNCCCN1CCC(C(=O)O)CC1. The van der Waals surface area contributed by atoms with Gasteiger partial charge in [0.05, 0.1) is 5.92 Å². The van der Waals surface area contributed by atoms with Gasteiger partial charge in [0, 0.05) is 0 Å². The van der Waals surface area contributed by atoms with Gasteiger partial charge in [0.2, 0.25) is 0 Å². The van der Waals surface area contributed by atoms with Crippen molar-refractivity contribution in [1.29, 1.82) is 0 Å². The lowest BCUT2D eigenvalue weighted by Gasteiger charge is -2.29. The molecule has 2 N–H and O–H groups in total. The van der Waals surface area contributed by atoms with Crippen LogP contribution in [-0.4, -0.2) is 49.2 Å². The van der Waals surface area contributed by atoms with Gasteiger partial charge in [-0.1, -0.05) is 0 Å². The van der Waals surface area contributed by atoms with E-state index >= 15 is 0 Å². The fourth-order valence-electron chi connectivity index (χ4n) is 1.88. The van der Waals surface area contributed by atoms with Crippen molar-refractivity contribution in [2.24, 2.45) is 5.92 Å². The number of hydrogen-bond acceptors (Lipinski definition) is 3. The Bertz CT molecular complexity index is 177. The maximum atomic E-state index is 10.7. The van der Waals surface area contributed by atoms with Crippen LogP contribution < -0.4 is 5.32 Å². The normalized spacial score (nSPS) is 19.8. The zero-order valence-electron chi connectivity index (χ0n) is 8.83. The third-order valence-corrected chi connectivity index (χ3v) is 2.84. The van der Waals surface area contributed by atoms with E-state index < -0.39 is 5.97 Å². The summed E-state index contributed by atoms with van der Waals surface area (Å²) in [4.78, 5) is 13.1. The smallest absolute Gasteiger partial charge is 0.306 e. The molecule has 1 aliphatic heterocycles. The Hall–Kier alpha value is -0.610. The minimum atomic E-state index is -0.625. The van der Waals surface area contributed by atoms with Crippen LogP contribution in [0.2, 0.25) is 0 Å². The van der Waals surface area contributed by atoms with E-state index in [-0.39, 0.29) is 5.92 Å². The zero-order valence-corrected chi connectivity index (χ0v) is 8.83. The van der Waals surface area contributed by atoms with Crippen molar-refractivity contribution >= 4 is 5.97 Å². The topological polar surface area (TPSA) is 52.6 Å². The van der Waals surface area contributed by atoms with E-state index in [9.17, 15) is 4.79 Å². The second kappa shape index (κ2) is 5.98. The number of rotatable bonds is 5. The first-order chi connectivity index (χ1) is 6.74. The van der Waals surface area contributed by atoms with Gasteiger partial charge >= 0.3 is 5.97 Å². The van der Waals surface area contributed by atoms with Crippen LogP contribution in [-0.2, 0) is 4.79 Å². The fraction of sp³-hybridized carbons (Fsp3) is 0.900. The second-order valence-electron chi connectivity index (χ2n) is 3.91. The number of hydrogen-bond donors (Lipinski definition) is 2. The van der Waals surface area contributed by atoms with E-state index in [4.69, 9.17) is 5.11 Å². The van der Waals surface area contributed by atoms with E-state index in [1.807, 2.05) is 7.05 Å². The van der Waals surface area contributed by atoms with Crippen LogP contribution in [0.25, 0.3) is 0 Å². The molecule has 4 nitrogen and oxygen atoms in total. The highest BCUT2D eigenvalue weighted by Crippen LogP contribution is 2.16. The van der Waals surface area contributed by atoms with Crippen LogP contribution in [0.5, 0.6) is 0 Å². The summed E-state index contributed by atoms with van der Waals surface area (Å²) in [6, 6.07) is 0. The van der Waals surface area contributed by atoms with Crippen LogP contribution in [0.15, 0.2) is 0 Å². The molecule has 0 bridgehead atoms. The number of carbonyl (C=O) groups is 1. The third-order valence-electron chi connectivity index (χ3n) is 2.84. The molecule has 0 spiro atoms. The van der Waals surface area contributed by atoms with E-state index in [0.29, 0.717) is 0 Å². The summed E-state index contributed by atoms with van der Waals surface area (Å²) in [6.45, 7) is 4.02. The number of carboxylic acid groups (broad SMARTS) is 1. The van der Waals surface area contributed by atoms with Gasteiger partial charge in [-0.2, -0.15) is 0 Å².